The number of hydrogen-bond donors (Lipinski definition) is 2. The van der Waals surface area contributed by atoms with Gasteiger partial charge in [-0.05, 0) is 37.6 Å². The number of nitrogens with one attached hydrogen (secondary N) is 1. The molecule has 1 rings (SSSR count). The van der Waals surface area contributed by atoms with Crippen LogP contribution in [0.2, 0.25) is 0 Å². The van der Waals surface area contributed by atoms with Gasteiger partial charge in [-0.3, -0.25) is 0 Å². The molecule has 1 atom stereocenters. The van der Waals surface area contributed by atoms with Gasteiger partial charge in [0, 0.05) is 11.7 Å². The van der Waals surface area contributed by atoms with Crippen molar-refractivity contribution in [2.24, 2.45) is 5.14 Å². The van der Waals surface area contributed by atoms with E-state index in [1.807, 2.05) is 0 Å². The van der Waals surface area contributed by atoms with E-state index < -0.39 is 10.0 Å². The molecule has 5 heteroatoms. The molecule has 0 aliphatic heterocycles. The van der Waals surface area contributed by atoms with Crippen molar-refractivity contribution < 1.29 is 8.42 Å². The summed E-state index contributed by atoms with van der Waals surface area (Å²) in [6, 6.07) is 6.97. The van der Waals surface area contributed by atoms with Crippen LogP contribution in [0.5, 0.6) is 0 Å². The molecule has 1 aromatic rings. The first kappa shape index (κ1) is 17.0. The van der Waals surface area contributed by atoms with Crippen LogP contribution in [0.4, 0.5) is 5.69 Å². The topological polar surface area (TPSA) is 72.2 Å². The largest absolute Gasteiger partial charge is 0.383 e. The van der Waals surface area contributed by atoms with Crippen molar-refractivity contribution >= 4 is 15.7 Å². The number of primary sulfonamides is 1. The van der Waals surface area contributed by atoms with Gasteiger partial charge >= 0.3 is 0 Å². The zero-order valence-corrected chi connectivity index (χ0v) is 13.2. The summed E-state index contributed by atoms with van der Waals surface area (Å²) >= 11 is 0. The van der Waals surface area contributed by atoms with Crippen LogP contribution < -0.4 is 10.5 Å². The van der Waals surface area contributed by atoms with Gasteiger partial charge in [0.25, 0.3) is 0 Å². The van der Waals surface area contributed by atoms with Crippen molar-refractivity contribution in [3.8, 4) is 0 Å². The standard InChI is InChI=1S/C15H26N2O2S/c1-3-4-5-6-7-8-13(2)17-14-9-11-15(12-10-14)20(16,18)19/h9-13,17H,3-8H2,1-2H3,(H2,16,18,19). The maximum atomic E-state index is 11.2. The van der Waals surface area contributed by atoms with Crippen molar-refractivity contribution in [1.29, 1.82) is 0 Å². The van der Waals surface area contributed by atoms with Crippen molar-refractivity contribution in [1.82, 2.24) is 0 Å². The van der Waals surface area contributed by atoms with Crippen LogP contribution in [0.15, 0.2) is 29.2 Å². The average molecular weight is 298 g/mol. The molecule has 4 nitrogen and oxygen atoms in total. The highest BCUT2D eigenvalue weighted by molar-refractivity contribution is 7.89. The second-order valence-corrected chi connectivity index (χ2v) is 6.88. The third-order valence-electron chi connectivity index (χ3n) is 3.34. The molecule has 1 unspecified atom stereocenters. The summed E-state index contributed by atoms with van der Waals surface area (Å²) in [5.74, 6) is 0. The smallest absolute Gasteiger partial charge is 0.238 e. The van der Waals surface area contributed by atoms with E-state index in [1.54, 1.807) is 12.1 Å². The number of rotatable bonds is 9. The van der Waals surface area contributed by atoms with Gasteiger partial charge in [0.1, 0.15) is 0 Å². The van der Waals surface area contributed by atoms with Crippen molar-refractivity contribution in [2.75, 3.05) is 5.32 Å². The van der Waals surface area contributed by atoms with Crippen LogP contribution >= 0.6 is 0 Å². The molecule has 0 heterocycles. The molecule has 20 heavy (non-hydrogen) atoms. The predicted molar refractivity (Wildman–Crippen MR) is 84.3 cm³/mol. The van der Waals surface area contributed by atoms with Crippen LogP contribution in [0, 0.1) is 0 Å². The highest BCUT2D eigenvalue weighted by atomic mass is 32.2. The maximum Gasteiger partial charge on any atom is 0.238 e. The minimum Gasteiger partial charge on any atom is -0.383 e. The molecule has 0 aromatic heterocycles. The normalized spacial score (nSPS) is 13.2. The van der Waals surface area contributed by atoms with Crippen LogP contribution in [0.25, 0.3) is 0 Å². The second kappa shape index (κ2) is 8.27. The molecule has 1 aromatic carbocycles. The summed E-state index contributed by atoms with van der Waals surface area (Å²) in [5, 5.41) is 8.44. The lowest BCUT2D eigenvalue weighted by molar-refractivity contribution is 0.578. The lowest BCUT2D eigenvalue weighted by atomic mass is 10.1. The molecule has 0 spiro atoms. The average Bonchev–Trinajstić information content (AvgIpc) is 2.38. The monoisotopic (exact) mass is 298 g/mol. The fourth-order valence-electron chi connectivity index (χ4n) is 2.15. The van der Waals surface area contributed by atoms with Gasteiger partial charge in [0.15, 0.2) is 0 Å². The molecule has 114 valence electrons. The van der Waals surface area contributed by atoms with Gasteiger partial charge in [0.05, 0.1) is 4.90 Å². The molecule has 0 aliphatic carbocycles. The fraction of sp³-hybridized carbons (Fsp3) is 0.600. The van der Waals surface area contributed by atoms with Crippen molar-refractivity contribution in [3.63, 3.8) is 0 Å². The number of unbranched alkanes of at least 4 members (excludes halogenated alkanes) is 4. The fourth-order valence-corrected chi connectivity index (χ4v) is 2.67. The molecular weight excluding hydrogens is 272 g/mol. The molecule has 0 saturated carbocycles. The van der Waals surface area contributed by atoms with E-state index in [9.17, 15) is 8.42 Å². The van der Waals surface area contributed by atoms with Gasteiger partial charge < -0.3 is 5.32 Å². The Morgan fingerprint density at radius 2 is 1.70 bits per heavy atom. The van der Waals surface area contributed by atoms with Crippen molar-refractivity contribution in [2.45, 2.75) is 63.3 Å². The summed E-state index contributed by atoms with van der Waals surface area (Å²) in [4.78, 5) is 0.148. The van der Waals surface area contributed by atoms with Gasteiger partial charge in [-0.1, -0.05) is 39.0 Å². The van der Waals surface area contributed by atoms with E-state index in [0.29, 0.717) is 6.04 Å². The minimum atomic E-state index is -3.60. The molecule has 0 saturated heterocycles. The Morgan fingerprint density at radius 3 is 2.25 bits per heavy atom. The summed E-state index contributed by atoms with van der Waals surface area (Å²) < 4.78 is 22.3. The summed E-state index contributed by atoms with van der Waals surface area (Å²) in [6.07, 6.45) is 7.53. The quantitative estimate of drug-likeness (QED) is 0.685. The molecular formula is C15H26N2O2S. The number of anilines is 1. The van der Waals surface area contributed by atoms with Gasteiger partial charge in [0.2, 0.25) is 10.0 Å². The lowest BCUT2D eigenvalue weighted by Crippen LogP contribution is -2.15. The van der Waals surface area contributed by atoms with Crippen LogP contribution in [0.1, 0.15) is 52.4 Å². The number of hydrogen-bond acceptors (Lipinski definition) is 3. The van der Waals surface area contributed by atoms with Crippen LogP contribution in [0.3, 0.4) is 0 Å². The van der Waals surface area contributed by atoms with E-state index in [0.717, 1.165) is 12.1 Å². The van der Waals surface area contributed by atoms with E-state index >= 15 is 0 Å². The van der Waals surface area contributed by atoms with Crippen LogP contribution in [-0.4, -0.2) is 14.5 Å². The minimum absolute atomic E-state index is 0.148. The highest BCUT2D eigenvalue weighted by Crippen LogP contribution is 2.15. The Morgan fingerprint density at radius 1 is 1.10 bits per heavy atom. The Bertz CT molecular complexity index is 483. The third-order valence-corrected chi connectivity index (χ3v) is 4.27. The Hall–Kier alpha value is -1.07. The Balaban J connectivity index is 2.37. The van der Waals surface area contributed by atoms with E-state index in [-0.39, 0.29) is 4.90 Å². The Labute approximate surface area is 122 Å². The zero-order chi connectivity index (χ0) is 15.0. The highest BCUT2D eigenvalue weighted by Gasteiger charge is 2.07. The second-order valence-electron chi connectivity index (χ2n) is 5.32. The molecule has 0 aliphatic rings. The van der Waals surface area contributed by atoms with Crippen molar-refractivity contribution in [3.05, 3.63) is 24.3 Å². The molecule has 0 amide bonds. The van der Waals surface area contributed by atoms with Crippen LogP contribution in [-0.2, 0) is 10.0 Å². The summed E-state index contributed by atoms with van der Waals surface area (Å²) in [5.41, 5.74) is 0.929. The first-order valence-electron chi connectivity index (χ1n) is 7.33. The van der Waals surface area contributed by atoms with E-state index in [1.165, 1.54) is 44.2 Å². The SMILES string of the molecule is CCCCCCCC(C)Nc1ccc(S(N)(=O)=O)cc1. The summed E-state index contributed by atoms with van der Waals surface area (Å²) in [6.45, 7) is 4.36. The van der Waals surface area contributed by atoms with Gasteiger partial charge in [-0.15, -0.1) is 0 Å². The lowest BCUT2D eigenvalue weighted by Gasteiger charge is -2.15. The third kappa shape index (κ3) is 6.39. The molecule has 3 N–H and O–H groups in total. The summed E-state index contributed by atoms with van der Waals surface area (Å²) in [7, 11) is -3.60. The first-order chi connectivity index (χ1) is 9.43. The maximum absolute atomic E-state index is 11.2. The number of benzene rings is 1. The molecule has 0 bridgehead atoms. The zero-order valence-electron chi connectivity index (χ0n) is 12.4. The molecule has 0 fully saturated rings. The molecule has 0 radical (unpaired) electrons. The number of sulfonamides is 1. The van der Waals surface area contributed by atoms with Gasteiger partial charge in [-0.2, -0.15) is 0 Å². The predicted octanol–water partition coefficient (Wildman–Crippen LogP) is 3.49. The van der Waals surface area contributed by atoms with E-state index in [2.05, 4.69) is 19.2 Å². The van der Waals surface area contributed by atoms with E-state index in [4.69, 9.17) is 5.14 Å². The van der Waals surface area contributed by atoms with Gasteiger partial charge in [-0.25, -0.2) is 13.6 Å². The Kier molecular flexibility index (Phi) is 7.02. The first-order valence-corrected chi connectivity index (χ1v) is 8.87. The number of nitrogens with two attached hydrogens (primary N) is 1.